The van der Waals surface area contributed by atoms with Crippen LogP contribution in [0.1, 0.15) is 22.2 Å². The molecule has 0 spiro atoms. The first-order valence-corrected chi connectivity index (χ1v) is 6.78. The van der Waals surface area contributed by atoms with Crippen molar-refractivity contribution in [1.82, 2.24) is 10.3 Å². The molecule has 4 heteroatoms. The van der Waals surface area contributed by atoms with Crippen molar-refractivity contribution in [3.05, 3.63) is 50.9 Å². The van der Waals surface area contributed by atoms with Gasteiger partial charge in [0.25, 0.3) is 0 Å². The first kappa shape index (κ1) is 12.6. The molecule has 1 aromatic carbocycles. The number of halogens is 1. The van der Waals surface area contributed by atoms with Crippen LogP contribution in [0.4, 0.5) is 0 Å². The summed E-state index contributed by atoms with van der Waals surface area (Å²) in [5, 5.41) is 7.26. The minimum atomic E-state index is 0.264. The van der Waals surface area contributed by atoms with Gasteiger partial charge >= 0.3 is 0 Å². The largest absolute Gasteiger partial charge is 0.313 e. The van der Waals surface area contributed by atoms with Gasteiger partial charge in [0.2, 0.25) is 0 Å². The molecule has 0 radical (unpaired) electrons. The molecule has 90 valence electrons. The van der Waals surface area contributed by atoms with E-state index in [4.69, 9.17) is 11.6 Å². The smallest absolute Gasteiger partial charge is 0.0943 e. The summed E-state index contributed by atoms with van der Waals surface area (Å²) in [4.78, 5) is 4.33. The normalized spacial score (nSPS) is 12.6. The summed E-state index contributed by atoms with van der Waals surface area (Å²) < 4.78 is 0. The molecule has 1 unspecified atom stereocenters. The predicted octanol–water partition coefficient (Wildman–Crippen LogP) is 3.61. The maximum atomic E-state index is 6.06. The highest BCUT2D eigenvalue weighted by Crippen LogP contribution is 2.25. The molecule has 0 aliphatic carbocycles. The molecule has 2 rings (SSSR count). The number of rotatable bonds is 4. The van der Waals surface area contributed by atoms with Gasteiger partial charge in [-0.1, -0.05) is 17.7 Å². The van der Waals surface area contributed by atoms with Gasteiger partial charge in [0.15, 0.2) is 0 Å². The number of benzene rings is 1. The molecule has 1 aromatic heterocycles. The van der Waals surface area contributed by atoms with Crippen molar-refractivity contribution in [2.45, 2.75) is 19.4 Å². The number of nitrogens with zero attached hydrogens (tertiary/aromatic N) is 1. The van der Waals surface area contributed by atoms with Crippen LogP contribution in [-0.4, -0.2) is 12.0 Å². The number of aryl methyl sites for hydroxylation is 1. The van der Waals surface area contributed by atoms with Crippen LogP contribution in [0.2, 0.25) is 5.02 Å². The summed E-state index contributed by atoms with van der Waals surface area (Å²) in [5.41, 5.74) is 2.50. The van der Waals surface area contributed by atoms with Crippen LogP contribution in [0.25, 0.3) is 0 Å². The van der Waals surface area contributed by atoms with Crippen molar-refractivity contribution >= 4 is 22.9 Å². The highest BCUT2D eigenvalue weighted by molar-refractivity contribution is 7.09. The van der Waals surface area contributed by atoms with Crippen LogP contribution in [-0.2, 0) is 6.42 Å². The predicted molar refractivity (Wildman–Crippen MR) is 73.8 cm³/mol. The molecule has 0 amide bonds. The van der Waals surface area contributed by atoms with E-state index in [0.717, 1.165) is 16.5 Å². The summed E-state index contributed by atoms with van der Waals surface area (Å²) in [6, 6.07) is 6.28. The van der Waals surface area contributed by atoms with E-state index >= 15 is 0 Å². The van der Waals surface area contributed by atoms with Gasteiger partial charge in [0.1, 0.15) is 0 Å². The van der Waals surface area contributed by atoms with Gasteiger partial charge in [-0.05, 0) is 37.2 Å². The summed E-state index contributed by atoms with van der Waals surface area (Å²) in [5.74, 6) is 0. The van der Waals surface area contributed by atoms with Gasteiger partial charge in [0, 0.05) is 29.1 Å². The number of likely N-dealkylation sites (N-methyl/N-ethyl adjacent to an activating group) is 1. The number of hydrogen-bond acceptors (Lipinski definition) is 3. The average Bonchev–Trinajstić information content (AvgIpc) is 2.82. The van der Waals surface area contributed by atoms with Crippen molar-refractivity contribution < 1.29 is 0 Å². The molecule has 0 saturated heterocycles. The molecular formula is C13H15ClN2S. The zero-order valence-electron chi connectivity index (χ0n) is 9.90. The zero-order chi connectivity index (χ0) is 12.3. The lowest BCUT2D eigenvalue weighted by Gasteiger charge is -2.18. The second-order valence-electron chi connectivity index (χ2n) is 3.97. The van der Waals surface area contributed by atoms with E-state index in [1.807, 2.05) is 30.8 Å². The molecule has 0 aliphatic rings. The third-order valence-electron chi connectivity index (χ3n) is 2.83. The van der Waals surface area contributed by atoms with Crippen LogP contribution in [0.3, 0.4) is 0 Å². The third kappa shape index (κ3) is 3.06. The van der Waals surface area contributed by atoms with Gasteiger partial charge in [-0.3, -0.25) is 0 Å². The van der Waals surface area contributed by atoms with Crippen LogP contribution in [0.15, 0.2) is 29.8 Å². The molecule has 0 saturated carbocycles. The zero-order valence-corrected chi connectivity index (χ0v) is 11.5. The molecule has 1 atom stereocenters. The molecule has 0 aliphatic heterocycles. The summed E-state index contributed by atoms with van der Waals surface area (Å²) >= 11 is 7.75. The maximum absolute atomic E-state index is 6.06. The Morgan fingerprint density at radius 2 is 2.29 bits per heavy atom. The molecule has 17 heavy (non-hydrogen) atoms. The number of aromatic nitrogens is 1. The number of nitrogens with one attached hydrogen (secondary N) is 1. The second kappa shape index (κ2) is 5.63. The van der Waals surface area contributed by atoms with Crippen molar-refractivity contribution in [3.63, 3.8) is 0 Å². The van der Waals surface area contributed by atoms with Crippen molar-refractivity contribution in [2.24, 2.45) is 0 Å². The highest BCUT2D eigenvalue weighted by Gasteiger charge is 2.14. The SMILES string of the molecule is CNC(Cc1nccs1)c1cc(Cl)ccc1C. The lowest BCUT2D eigenvalue weighted by molar-refractivity contribution is 0.587. The van der Waals surface area contributed by atoms with E-state index in [1.54, 1.807) is 11.3 Å². The Kier molecular flexibility index (Phi) is 4.15. The molecule has 0 fully saturated rings. The summed E-state index contributed by atoms with van der Waals surface area (Å²) in [6.07, 6.45) is 2.74. The molecule has 1 N–H and O–H groups in total. The molecular weight excluding hydrogens is 252 g/mol. The lowest BCUT2D eigenvalue weighted by Crippen LogP contribution is -2.19. The molecule has 2 aromatic rings. The first-order chi connectivity index (χ1) is 8.20. The Hall–Kier alpha value is -0.900. The van der Waals surface area contributed by atoms with Crippen LogP contribution < -0.4 is 5.32 Å². The highest BCUT2D eigenvalue weighted by atomic mass is 35.5. The fourth-order valence-corrected chi connectivity index (χ4v) is 2.73. The fourth-order valence-electron chi connectivity index (χ4n) is 1.88. The van der Waals surface area contributed by atoms with Crippen LogP contribution >= 0.6 is 22.9 Å². The van der Waals surface area contributed by atoms with Gasteiger partial charge in [-0.15, -0.1) is 11.3 Å². The summed E-state index contributed by atoms with van der Waals surface area (Å²) in [6.45, 7) is 2.11. The molecule has 0 bridgehead atoms. The molecule has 2 nitrogen and oxygen atoms in total. The monoisotopic (exact) mass is 266 g/mol. The Morgan fingerprint density at radius 1 is 1.47 bits per heavy atom. The number of hydrogen-bond donors (Lipinski definition) is 1. The quantitative estimate of drug-likeness (QED) is 0.915. The Bertz CT molecular complexity index is 482. The topological polar surface area (TPSA) is 24.9 Å². The van der Waals surface area contributed by atoms with E-state index in [0.29, 0.717) is 0 Å². The van der Waals surface area contributed by atoms with Crippen molar-refractivity contribution in [3.8, 4) is 0 Å². The van der Waals surface area contributed by atoms with E-state index in [1.165, 1.54) is 11.1 Å². The van der Waals surface area contributed by atoms with Gasteiger partial charge in [0.05, 0.1) is 5.01 Å². The minimum Gasteiger partial charge on any atom is -0.313 e. The maximum Gasteiger partial charge on any atom is 0.0943 e. The fraction of sp³-hybridized carbons (Fsp3) is 0.308. The van der Waals surface area contributed by atoms with Gasteiger partial charge in [-0.25, -0.2) is 4.98 Å². The van der Waals surface area contributed by atoms with E-state index in [2.05, 4.69) is 23.3 Å². The first-order valence-electron chi connectivity index (χ1n) is 5.52. The Balaban J connectivity index is 2.25. The van der Waals surface area contributed by atoms with Crippen molar-refractivity contribution in [2.75, 3.05) is 7.05 Å². The Labute approximate surface area is 111 Å². The number of thiazole rings is 1. The van der Waals surface area contributed by atoms with E-state index < -0.39 is 0 Å². The summed E-state index contributed by atoms with van der Waals surface area (Å²) in [7, 11) is 1.97. The second-order valence-corrected chi connectivity index (χ2v) is 5.39. The van der Waals surface area contributed by atoms with Gasteiger partial charge < -0.3 is 5.32 Å². The standard InChI is InChI=1S/C13H15ClN2S/c1-9-3-4-10(14)7-11(9)12(15-2)8-13-16-5-6-17-13/h3-7,12,15H,8H2,1-2H3. The van der Waals surface area contributed by atoms with Crippen LogP contribution in [0.5, 0.6) is 0 Å². The third-order valence-corrected chi connectivity index (χ3v) is 3.86. The van der Waals surface area contributed by atoms with E-state index in [9.17, 15) is 0 Å². The van der Waals surface area contributed by atoms with E-state index in [-0.39, 0.29) is 6.04 Å². The minimum absolute atomic E-state index is 0.264. The Morgan fingerprint density at radius 3 is 2.94 bits per heavy atom. The lowest BCUT2D eigenvalue weighted by atomic mass is 9.99. The van der Waals surface area contributed by atoms with Crippen LogP contribution in [0, 0.1) is 6.92 Å². The average molecular weight is 267 g/mol. The molecule has 1 heterocycles. The van der Waals surface area contributed by atoms with Crippen molar-refractivity contribution in [1.29, 1.82) is 0 Å². The van der Waals surface area contributed by atoms with Gasteiger partial charge in [-0.2, -0.15) is 0 Å².